The number of morpholine rings is 1. The monoisotopic (exact) mass is 421 g/mol. The molecule has 2 atom stereocenters. The Morgan fingerprint density at radius 3 is 2.52 bits per heavy atom. The van der Waals surface area contributed by atoms with Crippen molar-refractivity contribution in [2.24, 2.45) is 5.92 Å². The average molecular weight is 422 g/mol. The maximum absolute atomic E-state index is 12.8. The van der Waals surface area contributed by atoms with Crippen molar-refractivity contribution < 1.29 is 17.9 Å². The van der Waals surface area contributed by atoms with Crippen molar-refractivity contribution in [3.8, 4) is 0 Å². The van der Waals surface area contributed by atoms with Crippen LogP contribution in [0, 0.1) is 5.92 Å². The first kappa shape index (κ1) is 21.8. The van der Waals surface area contributed by atoms with Gasteiger partial charge in [0.2, 0.25) is 10.0 Å². The number of hydrogen-bond acceptors (Lipinski definition) is 4. The van der Waals surface area contributed by atoms with E-state index in [0.717, 1.165) is 17.4 Å². The molecule has 1 N–H and O–H groups in total. The Morgan fingerprint density at radius 2 is 1.86 bits per heavy atom. The topological polar surface area (TPSA) is 80.6 Å². The molecule has 160 valence electrons. The summed E-state index contributed by atoms with van der Waals surface area (Å²) in [5.41, 5.74) is 1.59. The number of sulfonamides is 1. The maximum atomic E-state index is 12.8. The molecular formula is C21H31N3O4S. The molecule has 0 bridgehead atoms. The van der Waals surface area contributed by atoms with Gasteiger partial charge in [0.1, 0.15) is 0 Å². The number of ether oxygens (including phenoxy) is 1. The maximum Gasteiger partial charge on any atom is 0.253 e. The lowest BCUT2D eigenvalue weighted by Gasteiger charge is -2.34. The number of nitrogens with one attached hydrogen (secondary N) is 1. The van der Waals surface area contributed by atoms with Gasteiger partial charge < -0.3 is 14.6 Å². The van der Waals surface area contributed by atoms with Gasteiger partial charge in [-0.1, -0.05) is 32.0 Å². The van der Waals surface area contributed by atoms with Crippen LogP contribution in [0.5, 0.6) is 0 Å². The van der Waals surface area contributed by atoms with Gasteiger partial charge in [0.15, 0.2) is 0 Å². The number of fused-ring (bicyclic) bond motifs is 1. The van der Waals surface area contributed by atoms with E-state index in [0.29, 0.717) is 24.6 Å². The number of carbonyl (C=O) groups excluding carboxylic acids is 1. The highest BCUT2D eigenvalue weighted by Crippen LogP contribution is 2.22. The molecule has 0 aliphatic carbocycles. The van der Waals surface area contributed by atoms with Gasteiger partial charge in [0.05, 0.1) is 23.5 Å². The molecule has 1 amide bonds. The van der Waals surface area contributed by atoms with Gasteiger partial charge in [-0.05, 0) is 25.8 Å². The van der Waals surface area contributed by atoms with Crippen LogP contribution in [-0.4, -0.2) is 60.8 Å². The van der Waals surface area contributed by atoms with Gasteiger partial charge in [-0.25, -0.2) is 8.42 Å². The minimum absolute atomic E-state index is 0.0744. The summed E-state index contributed by atoms with van der Waals surface area (Å²) in [4.78, 5) is 12.8. The Balaban J connectivity index is 1.67. The Bertz CT molecular complexity index is 957. The molecule has 2 unspecified atom stereocenters. The van der Waals surface area contributed by atoms with Gasteiger partial charge in [-0.3, -0.25) is 4.79 Å². The van der Waals surface area contributed by atoms with E-state index in [9.17, 15) is 13.2 Å². The summed E-state index contributed by atoms with van der Waals surface area (Å²) < 4.78 is 34.4. The number of carbonyl (C=O) groups is 1. The number of nitrogens with zero attached hydrogens (tertiary/aromatic N) is 2. The van der Waals surface area contributed by atoms with Crippen molar-refractivity contribution >= 4 is 26.8 Å². The Kier molecular flexibility index (Phi) is 6.65. The normalized spacial score (nSPS) is 21.0. The number of hydrogen-bond donors (Lipinski definition) is 1. The molecule has 1 fully saturated rings. The molecule has 0 radical (unpaired) electrons. The van der Waals surface area contributed by atoms with E-state index in [4.69, 9.17) is 4.74 Å². The fourth-order valence-electron chi connectivity index (χ4n) is 3.85. The molecule has 3 rings (SSSR count). The molecule has 1 aromatic heterocycles. The van der Waals surface area contributed by atoms with Crippen LogP contribution in [0.15, 0.2) is 30.5 Å². The van der Waals surface area contributed by atoms with E-state index in [1.807, 2.05) is 44.3 Å². The predicted octanol–water partition coefficient (Wildman–Crippen LogP) is 2.47. The van der Waals surface area contributed by atoms with Crippen molar-refractivity contribution in [1.82, 2.24) is 14.2 Å². The molecule has 2 heterocycles. The van der Waals surface area contributed by atoms with E-state index in [2.05, 4.69) is 23.7 Å². The second kappa shape index (κ2) is 8.85. The Hall–Kier alpha value is -1.90. The van der Waals surface area contributed by atoms with Gasteiger partial charge in [-0.2, -0.15) is 4.31 Å². The first-order valence-corrected chi connectivity index (χ1v) is 11.8. The van der Waals surface area contributed by atoms with Crippen LogP contribution in [-0.2, 0) is 21.3 Å². The third kappa shape index (κ3) is 5.18. The lowest BCUT2D eigenvalue weighted by atomic mass is 10.1. The lowest BCUT2D eigenvalue weighted by molar-refractivity contribution is -0.0440. The predicted molar refractivity (Wildman–Crippen MR) is 114 cm³/mol. The summed E-state index contributed by atoms with van der Waals surface area (Å²) >= 11 is 0. The molecule has 0 spiro atoms. The van der Waals surface area contributed by atoms with E-state index in [1.54, 1.807) is 0 Å². The number of benzene rings is 1. The standard InChI is InChI=1S/C21H31N3O4S/c1-15(2)11-23-14-19(18-7-5-6-8-20(18)23)21(25)22-9-10-29(26,27)24-12-16(3)28-17(4)13-24/h5-8,14-17H,9-13H2,1-4H3,(H,22,25). The van der Waals surface area contributed by atoms with Crippen molar-refractivity contribution in [3.63, 3.8) is 0 Å². The van der Waals surface area contributed by atoms with Crippen molar-refractivity contribution in [2.45, 2.75) is 46.4 Å². The van der Waals surface area contributed by atoms with Crippen LogP contribution in [0.3, 0.4) is 0 Å². The van der Waals surface area contributed by atoms with Crippen LogP contribution in [0.4, 0.5) is 0 Å². The number of para-hydroxylation sites is 1. The van der Waals surface area contributed by atoms with Crippen molar-refractivity contribution in [2.75, 3.05) is 25.4 Å². The van der Waals surface area contributed by atoms with Gasteiger partial charge in [0.25, 0.3) is 5.91 Å². The Morgan fingerprint density at radius 1 is 1.21 bits per heavy atom. The minimum atomic E-state index is -3.45. The van der Waals surface area contributed by atoms with Gasteiger partial charge in [-0.15, -0.1) is 0 Å². The second-order valence-corrected chi connectivity index (χ2v) is 10.3. The minimum Gasteiger partial charge on any atom is -0.373 e. The van der Waals surface area contributed by atoms with E-state index >= 15 is 0 Å². The summed E-state index contributed by atoms with van der Waals surface area (Å²) in [6.45, 7) is 9.59. The molecule has 1 aromatic carbocycles. The molecule has 7 nitrogen and oxygen atoms in total. The molecule has 1 aliphatic rings. The fourth-order valence-corrected chi connectivity index (χ4v) is 5.34. The van der Waals surface area contributed by atoms with E-state index in [-0.39, 0.29) is 30.4 Å². The summed E-state index contributed by atoms with van der Waals surface area (Å²) in [5, 5.41) is 3.67. The SMILES string of the molecule is CC(C)Cn1cc(C(=O)NCCS(=O)(=O)N2CC(C)OC(C)C2)c2ccccc21. The van der Waals surface area contributed by atoms with Crippen molar-refractivity contribution in [3.05, 3.63) is 36.0 Å². The largest absolute Gasteiger partial charge is 0.373 e. The highest BCUT2D eigenvalue weighted by Gasteiger charge is 2.30. The lowest BCUT2D eigenvalue weighted by Crippen LogP contribution is -2.49. The highest BCUT2D eigenvalue weighted by atomic mass is 32.2. The van der Waals surface area contributed by atoms with E-state index in [1.165, 1.54) is 4.31 Å². The summed E-state index contributed by atoms with van der Waals surface area (Å²) in [5.74, 6) is 0.0794. The van der Waals surface area contributed by atoms with Crippen LogP contribution in [0.25, 0.3) is 10.9 Å². The average Bonchev–Trinajstić information content (AvgIpc) is 2.99. The Labute approximate surface area is 173 Å². The number of aromatic nitrogens is 1. The molecular weight excluding hydrogens is 390 g/mol. The zero-order valence-corrected chi connectivity index (χ0v) is 18.4. The first-order valence-electron chi connectivity index (χ1n) is 10.2. The zero-order valence-electron chi connectivity index (χ0n) is 17.6. The van der Waals surface area contributed by atoms with Crippen molar-refractivity contribution in [1.29, 1.82) is 0 Å². The van der Waals surface area contributed by atoms with Gasteiger partial charge in [0, 0.05) is 43.3 Å². The van der Waals surface area contributed by atoms with Crippen LogP contribution < -0.4 is 5.32 Å². The quantitative estimate of drug-likeness (QED) is 0.745. The smallest absolute Gasteiger partial charge is 0.253 e. The van der Waals surface area contributed by atoms with Gasteiger partial charge >= 0.3 is 0 Å². The molecule has 2 aromatic rings. The summed E-state index contributed by atoms with van der Waals surface area (Å²) in [6, 6.07) is 7.79. The van der Waals surface area contributed by atoms with Crippen LogP contribution in [0.2, 0.25) is 0 Å². The zero-order chi connectivity index (χ0) is 21.2. The number of rotatable bonds is 7. The fraction of sp³-hybridized carbons (Fsp3) is 0.571. The molecule has 8 heteroatoms. The highest BCUT2D eigenvalue weighted by molar-refractivity contribution is 7.89. The molecule has 1 aliphatic heterocycles. The third-order valence-electron chi connectivity index (χ3n) is 5.02. The van der Waals surface area contributed by atoms with E-state index < -0.39 is 10.0 Å². The summed E-state index contributed by atoms with van der Waals surface area (Å²) in [7, 11) is -3.45. The van der Waals surface area contributed by atoms with Crippen LogP contribution >= 0.6 is 0 Å². The molecule has 1 saturated heterocycles. The summed E-state index contributed by atoms with van der Waals surface area (Å²) in [6.07, 6.45) is 1.60. The second-order valence-electron chi connectivity index (χ2n) is 8.25. The molecule has 0 saturated carbocycles. The molecule has 29 heavy (non-hydrogen) atoms. The third-order valence-corrected chi connectivity index (χ3v) is 6.83. The van der Waals surface area contributed by atoms with Crippen LogP contribution in [0.1, 0.15) is 38.1 Å². The number of amides is 1. The first-order chi connectivity index (χ1) is 13.7.